The van der Waals surface area contributed by atoms with Crippen LogP contribution < -0.4 is 19.9 Å². The highest BCUT2D eigenvalue weighted by atomic mass is 16.5. The van der Waals surface area contributed by atoms with Crippen LogP contribution in [0.2, 0.25) is 0 Å². The number of rotatable bonds is 8. The molecule has 0 aliphatic carbocycles. The second-order valence-corrected chi connectivity index (χ2v) is 9.98. The van der Waals surface area contributed by atoms with E-state index >= 15 is 0 Å². The van der Waals surface area contributed by atoms with E-state index in [1.54, 1.807) is 14.2 Å². The van der Waals surface area contributed by atoms with Crippen molar-refractivity contribution in [3.63, 3.8) is 0 Å². The minimum Gasteiger partial charge on any atom is -0.497 e. The number of anilines is 1. The summed E-state index contributed by atoms with van der Waals surface area (Å²) in [5, 5.41) is 13.7. The van der Waals surface area contributed by atoms with Crippen LogP contribution in [0.1, 0.15) is 30.3 Å². The van der Waals surface area contributed by atoms with Gasteiger partial charge in [-0.25, -0.2) is 4.68 Å². The summed E-state index contributed by atoms with van der Waals surface area (Å²) in [6, 6.07) is 15.4. The number of nitrogens with one attached hydrogen (secondary N) is 1. The maximum Gasteiger partial charge on any atom is 0.253 e. The lowest BCUT2D eigenvalue weighted by atomic mass is 10.0. The summed E-state index contributed by atoms with van der Waals surface area (Å²) in [5.74, 6) is 2.18. The van der Waals surface area contributed by atoms with Crippen LogP contribution in [-0.2, 0) is 11.3 Å². The first-order chi connectivity index (χ1) is 19.1. The molecule has 0 amide bonds. The number of aromatic nitrogens is 5. The van der Waals surface area contributed by atoms with Crippen LogP contribution in [0.5, 0.6) is 11.5 Å². The Labute approximate surface area is 226 Å². The summed E-state index contributed by atoms with van der Waals surface area (Å²) >= 11 is 0. The first kappa shape index (κ1) is 25.3. The van der Waals surface area contributed by atoms with Gasteiger partial charge in [0.2, 0.25) is 0 Å². The van der Waals surface area contributed by atoms with Gasteiger partial charge in [0, 0.05) is 50.1 Å². The van der Waals surface area contributed by atoms with Crippen LogP contribution in [0.3, 0.4) is 0 Å². The SMILES string of the molecule is COc1ccc(N2CCN([C@H](c3cc4ccc(OC)cc4[nH]c3=O)c3nnnn3C[C@@H]3CCCO3)CC2)cc1. The molecular formula is C28H33N7O4. The molecule has 0 saturated carbocycles. The van der Waals surface area contributed by atoms with E-state index in [9.17, 15) is 4.79 Å². The van der Waals surface area contributed by atoms with E-state index in [1.807, 2.05) is 41.1 Å². The fraction of sp³-hybridized carbons (Fsp3) is 0.429. The van der Waals surface area contributed by atoms with E-state index in [0.29, 0.717) is 23.7 Å². The van der Waals surface area contributed by atoms with Gasteiger partial charge in [-0.2, -0.15) is 0 Å². The highest BCUT2D eigenvalue weighted by Gasteiger charge is 2.33. The molecule has 1 N–H and O–H groups in total. The van der Waals surface area contributed by atoms with Crippen molar-refractivity contribution in [3.8, 4) is 11.5 Å². The van der Waals surface area contributed by atoms with Crippen molar-refractivity contribution in [2.45, 2.75) is 31.5 Å². The van der Waals surface area contributed by atoms with Gasteiger partial charge in [-0.05, 0) is 71.1 Å². The number of aromatic amines is 1. The molecule has 4 aromatic rings. The number of nitrogens with zero attached hydrogens (tertiary/aromatic N) is 6. The molecule has 11 heteroatoms. The third-order valence-corrected chi connectivity index (χ3v) is 7.70. The molecule has 204 valence electrons. The van der Waals surface area contributed by atoms with Crippen molar-refractivity contribution in [3.05, 3.63) is 70.3 Å². The molecule has 0 bridgehead atoms. The van der Waals surface area contributed by atoms with Gasteiger partial charge in [0.15, 0.2) is 5.82 Å². The molecular weight excluding hydrogens is 498 g/mol. The zero-order valence-corrected chi connectivity index (χ0v) is 22.2. The van der Waals surface area contributed by atoms with Crippen molar-refractivity contribution in [2.24, 2.45) is 0 Å². The molecule has 0 unspecified atom stereocenters. The van der Waals surface area contributed by atoms with Gasteiger partial charge in [-0.15, -0.1) is 5.10 Å². The fourth-order valence-corrected chi connectivity index (χ4v) is 5.58. The van der Waals surface area contributed by atoms with Crippen LogP contribution in [0.25, 0.3) is 10.9 Å². The van der Waals surface area contributed by atoms with Gasteiger partial charge >= 0.3 is 0 Å². The van der Waals surface area contributed by atoms with Crippen molar-refractivity contribution in [1.29, 1.82) is 0 Å². The summed E-state index contributed by atoms with van der Waals surface area (Å²) in [4.78, 5) is 21.3. The summed E-state index contributed by atoms with van der Waals surface area (Å²) in [6.45, 7) is 4.41. The molecule has 2 aliphatic rings. The Morgan fingerprint density at radius 3 is 2.51 bits per heavy atom. The number of hydrogen-bond donors (Lipinski definition) is 1. The van der Waals surface area contributed by atoms with Crippen molar-refractivity contribution < 1.29 is 14.2 Å². The van der Waals surface area contributed by atoms with Crippen LogP contribution in [-0.4, -0.2) is 83.2 Å². The van der Waals surface area contributed by atoms with E-state index in [4.69, 9.17) is 14.2 Å². The topological polar surface area (TPSA) is 111 Å². The van der Waals surface area contributed by atoms with E-state index in [0.717, 1.165) is 68.0 Å². The number of fused-ring (bicyclic) bond motifs is 1. The van der Waals surface area contributed by atoms with E-state index < -0.39 is 6.04 Å². The maximum absolute atomic E-state index is 13.6. The van der Waals surface area contributed by atoms with Gasteiger partial charge in [0.25, 0.3) is 5.56 Å². The van der Waals surface area contributed by atoms with Gasteiger partial charge in [-0.3, -0.25) is 9.69 Å². The van der Waals surface area contributed by atoms with E-state index in [-0.39, 0.29) is 11.7 Å². The summed E-state index contributed by atoms with van der Waals surface area (Å²) in [7, 11) is 3.29. The number of ether oxygens (including phenoxy) is 3. The summed E-state index contributed by atoms with van der Waals surface area (Å²) in [5.41, 5.74) is 2.33. The Hall–Kier alpha value is -3.96. The molecule has 2 fully saturated rings. The quantitative estimate of drug-likeness (QED) is 0.367. The van der Waals surface area contributed by atoms with Crippen molar-refractivity contribution in [1.82, 2.24) is 30.1 Å². The largest absolute Gasteiger partial charge is 0.497 e. The lowest BCUT2D eigenvalue weighted by Gasteiger charge is -2.39. The summed E-state index contributed by atoms with van der Waals surface area (Å²) < 4.78 is 18.3. The molecule has 6 rings (SSSR count). The molecule has 2 aromatic heterocycles. The Balaban J connectivity index is 1.34. The van der Waals surface area contributed by atoms with Crippen LogP contribution in [0, 0.1) is 0 Å². The zero-order valence-electron chi connectivity index (χ0n) is 22.2. The van der Waals surface area contributed by atoms with Gasteiger partial charge in [-0.1, -0.05) is 0 Å². The highest BCUT2D eigenvalue weighted by Crippen LogP contribution is 2.30. The first-order valence-corrected chi connectivity index (χ1v) is 13.3. The molecule has 11 nitrogen and oxygen atoms in total. The number of H-pyrrole nitrogens is 1. The van der Waals surface area contributed by atoms with Gasteiger partial charge in [0.1, 0.15) is 17.5 Å². The summed E-state index contributed by atoms with van der Waals surface area (Å²) in [6.07, 6.45) is 2.08. The zero-order chi connectivity index (χ0) is 26.8. The normalized spacial score (nSPS) is 18.9. The van der Waals surface area contributed by atoms with Crippen molar-refractivity contribution >= 4 is 16.6 Å². The van der Waals surface area contributed by atoms with Crippen molar-refractivity contribution in [2.75, 3.05) is 51.9 Å². The maximum atomic E-state index is 13.6. The lowest BCUT2D eigenvalue weighted by Crippen LogP contribution is -2.49. The fourth-order valence-electron chi connectivity index (χ4n) is 5.58. The second kappa shape index (κ2) is 11.0. The van der Waals surface area contributed by atoms with Crippen LogP contribution in [0.4, 0.5) is 5.69 Å². The minimum absolute atomic E-state index is 0.0715. The molecule has 2 saturated heterocycles. The molecule has 2 atom stereocenters. The molecule has 39 heavy (non-hydrogen) atoms. The smallest absolute Gasteiger partial charge is 0.253 e. The molecule has 4 heterocycles. The number of piperazine rings is 1. The first-order valence-electron chi connectivity index (χ1n) is 13.3. The van der Waals surface area contributed by atoms with Gasteiger partial charge < -0.3 is 24.1 Å². The Morgan fingerprint density at radius 2 is 1.79 bits per heavy atom. The van der Waals surface area contributed by atoms with Crippen LogP contribution >= 0.6 is 0 Å². The predicted octanol–water partition coefficient (Wildman–Crippen LogP) is 2.62. The monoisotopic (exact) mass is 531 g/mol. The average Bonchev–Trinajstić information content (AvgIpc) is 3.66. The molecule has 0 radical (unpaired) electrons. The minimum atomic E-state index is -0.408. The van der Waals surface area contributed by atoms with E-state index in [1.165, 1.54) is 0 Å². The predicted molar refractivity (Wildman–Crippen MR) is 147 cm³/mol. The number of pyridine rings is 1. The standard InChI is InChI=1S/C28H33N7O4/c1-37-21-9-6-20(7-10-21)33-11-13-34(14-12-33)26(27-30-31-32-35(27)18-23-4-3-15-39-23)24-16-19-5-8-22(38-2)17-25(19)29-28(24)36/h5-10,16-17,23,26H,3-4,11-15,18H2,1-2H3,(H,29,36)/t23-,26+/m0/s1. The number of tetrazole rings is 1. The molecule has 2 aromatic carbocycles. The average molecular weight is 532 g/mol. The number of benzene rings is 2. The lowest BCUT2D eigenvalue weighted by molar-refractivity contribution is 0.0906. The highest BCUT2D eigenvalue weighted by molar-refractivity contribution is 5.80. The third kappa shape index (κ3) is 5.19. The third-order valence-electron chi connectivity index (χ3n) is 7.70. The Bertz CT molecular complexity index is 1470. The second-order valence-electron chi connectivity index (χ2n) is 9.98. The molecule has 0 spiro atoms. The molecule has 2 aliphatic heterocycles. The number of methoxy groups -OCH3 is 2. The Kier molecular flexibility index (Phi) is 7.16. The van der Waals surface area contributed by atoms with Gasteiger partial charge in [0.05, 0.1) is 32.4 Å². The van der Waals surface area contributed by atoms with Crippen LogP contribution in [0.15, 0.2) is 53.3 Å². The van der Waals surface area contributed by atoms with E-state index in [2.05, 4.69) is 42.4 Å². The Morgan fingerprint density at radius 1 is 1.03 bits per heavy atom. The number of hydrogen-bond acceptors (Lipinski definition) is 9.